The van der Waals surface area contributed by atoms with Gasteiger partial charge < -0.3 is 9.84 Å². The number of alkyl halides is 12. The van der Waals surface area contributed by atoms with Gasteiger partial charge in [-0.15, -0.1) is 0 Å². The fraction of sp³-hybridized carbons (Fsp3) is 0.812. The molecule has 0 atom stereocenters. The molecule has 0 radical (unpaired) electrons. The summed E-state index contributed by atoms with van der Waals surface area (Å²) in [5, 5.41) is 8.53. The molecule has 0 aromatic heterocycles. The third-order valence-corrected chi connectivity index (χ3v) is 4.01. The Bertz CT molecular complexity index is 646. The van der Waals surface area contributed by atoms with E-state index in [1.807, 2.05) is 0 Å². The number of aliphatic hydroxyl groups excluding tert-OH is 1. The number of hydrogen-bond donors (Lipinski definition) is 1. The number of hydrogen-bond acceptors (Lipinski definition) is 3. The minimum absolute atomic E-state index is 0.599. The predicted molar refractivity (Wildman–Crippen MR) is 81.0 cm³/mol. The maximum Gasteiger partial charge on any atom is 0.384 e. The van der Waals surface area contributed by atoms with Gasteiger partial charge in [0.25, 0.3) is 0 Å². The van der Waals surface area contributed by atoms with Crippen molar-refractivity contribution in [2.45, 2.75) is 68.1 Å². The summed E-state index contributed by atoms with van der Waals surface area (Å²) in [4.78, 5) is 11.1. The zero-order valence-corrected chi connectivity index (χ0v) is 15.7. The smallest absolute Gasteiger partial charge is 0.384 e. The molecule has 0 aromatic rings. The summed E-state index contributed by atoms with van der Waals surface area (Å²) in [5.41, 5.74) is -0.599. The summed E-state index contributed by atoms with van der Waals surface area (Å²) < 4.78 is 166. The fourth-order valence-corrected chi connectivity index (χ4v) is 2.11. The Kier molecular flexibility index (Phi) is 8.94. The lowest BCUT2D eigenvalue weighted by Gasteiger charge is -2.41. The van der Waals surface area contributed by atoms with Crippen molar-refractivity contribution in [2.75, 3.05) is 13.2 Å². The number of carbonyl (C=O) groups excluding carboxylic acids is 1. The second-order valence-corrected chi connectivity index (χ2v) is 6.46. The molecule has 0 amide bonds. The van der Waals surface area contributed by atoms with Crippen LogP contribution in [0.1, 0.15) is 32.6 Å². The second-order valence-electron chi connectivity index (χ2n) is 6.46. The van der Waals surface area contributed by atoms with Gasteiger partial charge in [-0.2, -0.15) is 52.7 Å². The molecule has 1 N–H and O–H groups in total. The highest BCUT2D eigenvalue weighted by Crippen LogP contribution is 2.61. The summed E-state index contributed by atoms with van der Waals surface area (Å²) >= 11 is 0. The van der Waals surface area contributed by atoms with E-state index in [0.717, 1.165) is 6.92 Å². The van der Waals surface area contributed by atoms with Gasteiger partial charge in [-0.05, 0) is 6.42 Å². The summed E-state index contributed by atoms with van der Waals surface area (Å²) in [7, 11) is 0. The molecule has 15 heteroatoms. The Morgan fingerprint density at radius 1 is 0.774 bits per heavy atom. The average molecular weight is 486 g/mol. The monoisotopic (exact) mass is 486 g/mol. The molecule has 0 aliphatic rings. The lowest BCUT2D eigenvalue weighted by Crippen LogP contribution is -2.70. The van der Waals surface area contributed by atoms with Crippen molar-refractivity contribution in [3.8, 4) is 0 Å². The van der Waals surface area contributed by atoms with Crippen molar-refractivity contribution in [3.63, 3.8) is 0 Å². The van der Waals surface area contributed by atoms with Crippen LogP contribution in [0.5, 0.6) is 0 Å². The summed E-state index contributed by atoms with van der Waals surface area (Å²) in [6.07, 6.45) is -6.78. The number of ether oxygens (including phenoxy) is 1. The minimum Gasteiger partial charge on any atom is -0.462 e. The Hall–Kier alpha value is -1.67. The molecule has 0 saturated carbocycles. The maximum atomic E-state index is 13.6. The van der Waals surface area contributed by atoms with E-state index in [4.69, 9.17) is 5.11 Å². The number of rotatable bonds is 13. The lowest BCUT2D eigenvalue weighted by atomic mass is 9.89. The van der Waals surface area contributed by atoms with Crippen LogP contribution in [0.15, 0.2) is 12.2 Å². The van der Waals surface area contributed by atoms with Crippen LogP contribution in [0, 0.1) is 0 Å². The maximum absolute atomic E-state index is 13.6. The fourth-order valence-electron chi connectivity index (χ4n) is 2.11. The molecule has 31 heavy (non-hydrogen) atoms. The zero-order valence-electron chi connectivity index (χ0n) is 15.7. The van der Waals surface area contributed by atoms with Crippen molar-refractivity contribution in [3.05, 3.63) is 12.2 Å². The first-order chi connectivity index (χ1) is 13.7. The van der Waals surface area contributed by atoms with Gasteiger partial charge in [0.2, 0.25) is 0 Å². The van der Waals surface area contributed by atoms with Crippen molar-refractivity contribution in [1.82, 2.24) is 0 Å². The van der Waals surface area contributed by atoms with E-state index >= 15 is 0 Å². The number of esters is 1. The average Bonchev–Trinajstić information content (AvgIpc) is 2.63. The van der Waals surface area contributed by atoms with Gasteiger partial charge >= 0.3 is 41.5 Å². The number of carbonyl (C=O) groups is 1. The van der Waals surface area contributed by atoms with Crippen LogP contribution in [-0.2, 0) is 9.53 Å². The van der Waals surface area contributed by atoms with E-state index in [1.165, 1.54) is 0 Å². The van der Waals surface area contributed by atoms with Gasteiger partial charge in [0.05, 0.1) is 18.8 Å². The highest BCUT2D eigenvalue weighted by molar-refractivity contribution is 5.87. The Morgan fingerprint density at radius 2 is 1.16 bits per heavy atom. The van der Waals surface area contributed by atoms with E-state index in [1.54, 1.807) is 0 Å². The second kappa shape index (κ2) is 9.45. The van der Waals surface area contributed by atoms with Gasteiger partial charge in [-0.1, -0.05) is 19.9 Å². The predicted octanol–water partition coefficient (Wildman–Crippen LogP) is 5.47. The summed E-state index contributed by atoms with van der Waals surface area (Å²) in [6, 6.07) is 0. The van der Waals surface area contributed by atoms with Crippen LogP contribution in [-0.4, -0.2) is 59.8 Å². The first-order valence-electron chi connectivity index (χ1n) is 8.40. The molecule has 0 aromatic carbocycles. The van der Waals surface area contributed by atoms with Crippen LogP contribution in [0.2, 0.25) is 0 Å². The van der Waals surface area contributed by atoms with E-state index in [9.17, 15) is 57.5 Å². The third-order valence-electron chi connectivity index (χ3n) is 4.01. The molecule has 0 spiro atoms. The molecule has 0 fully saturated rings. The van der Waals surface area contributed by atoms with Crippen LogP contribution in [0.3, 0.4) is 0 Å². The lowest BCUT2D eigenvalue weighted by molar-refractivity contribution is -0.425. The van der Waals surface area contributed by atoms with Crippen LogP contribution >= 0.6 is 0 Å². The number of aliphatic hydroxyl groups is 1. The van der Waals surface area contributed by atoms with Crippen molar-refractivity contribution < 1.29 is 67.3 Å². The van der Waals surface area contributed by atoms with Crippen LogP contribution in [0.4, 0.5) is 52.7 Å². The van der Waals surface area contributed by atoms with Gasteiger partial charge in [0.15, 0.2) is 0 Å². The summed E-state index contributed by atoms with van der Waals surface area (Å²) in [5.74, 6) is -42.9. The van der Waals surface area contributed by atoms with Gasteiger partial charge in [0, 0.05) is 12.8 Å². The molecule has 0 aliphatic heterocycles. The molecule has 0 bridgehead atoms. The van der Waals surface area contributed by atoms with Crippen LogP contribution in [0.25, 0.3) is 0 Å². The topological polar surface area (TPSA) is 46.5 Å². The third kappa shape index (κ3) is 5.22. The molecular weight excluding hydrogens is 468 g/mol. The molecule has 0 saturated heterocycles. The van der Waals surface area contributed by atoms with E-state index in [0.29, 0.717) is 0 Å². The Balaban J connectivity index is 5.68. The number of halogens is 12. The first kappa shape index (κ1) is 29.3. The van der Waals surface area contributed by atoms with Crippen LogP contribution < -0.4 is 0 Å². The highest BCUT2D eigenvalue weighted by Gasteiger charge is 2.89. The molecule has 184 valence electrons. The zero-order chi connectivity index (χ0) is 25.1. The normalized spacial score (nSPS) is 14.5. The van der Waals surface area contributed by atoms with E-state index in [2.05, 4.69) is 11.3 Å². The quantitative estimate of drug-likeness (QED) is 0.163. The van der Waals surface area contributed by atoms with Gasteiger partial charge in [0.1, 0.15) is 0 Å². The SMILES string of the molecule is C=C(CO)C(=O)OCCCC(F)(F)C(F)(F)C(F)(F)C(F)(F)C(F)(F)C(F)(F)CCC. The standard InChI is InChI=1S/C16H18F12O3/c1-3-5-11(17,18)13(21,22)15(25,26)16(27,28)14(23,24)12(19,20)6-4-7-31-10(30)9(2)8-29/h29H,2-8H2,1H3. The highest BCUT2D eigenvalue weighted by atomic mass is 19.4. The molecule has 0 heterocycles. The van der Waals surface area contributed by atoms with E-state index < -0.39 is 86.0 Å². The van der Waals surface area contributed by atoms with Gasteiger partial charge in [-0.25, -0.2) is 4.79 Å². The summed E-state index contributed by atoms with van der Waals surface area (Å²) in [6.45, 7) is 1.62. The van der Waals surface area contributed by atoms with Gasteiger partial charge in [-0.3, -0.25) is 0 Å². The molecular formula is C16H18F12O3. The minimum atomic E-state index is -7.61. The molecule has 0 rings (SSSR count). The molecule has 0 aliphatic carbocycles. The largest absolute Gasteiger partial charge is 0.462 e. The van der Waals surface area contributed by atoms with Crippen molar-refractivity contribution in [2.24, 2.45) is 0 Å². The first-order valence-corrected chi connectivity index (χ1v) is 8.40. The molecule has 3 nitrogen and oxygen atoms in total. The molecule has 0 unspecified atom stereocenters. The van der Waals surface area contributed by atoms with Crippen molar-refractivity contribution >= 4 is 5.97 Å². The Morgan fingerprint density at radius 3 is 1.52 bits per heavy atom. The van der Waals surface area contributed by atoms with Crippen molar-refractivity contribution in [1.29, 1.82) is 0 Å². The Labute approximate surface area is 168 Å². The van der Waals surface area contributed by atoms with E-state index in [-0.39, 0.29) is 0 Å².